The standard InChI is InChI=1S/C16H16BrClFN/c1-2-9-20-16(12-5-3-4-6-15(12)19)11-7-8-13(17)14(18)10-11/h3-8,10,16,20H,2,9H2,1H3. The smallest absolute Gasteiger partial charge is 0.128 e. The van der Waals surface area contributed by atoms with E-state index in [1.165, 1.54) is 6.07 Å². The Bertz CT molecular complexity index is 588. The van der Waals surface area contributed by atoms with Gasteiger partial charge in [-0.3, -0.25) is 0 Å². The predicted molar refractivity (Wildman–Crippen MR) is 85.7 cm³/mol. The van der Waals surface area contributed by atoms with Crippen molar-refractivity contribution in [2.45, 2.75) is 19.4 Å². The fourth-order valence-corrected chi connectivity index (χ4v) is 2.53. The number of nitrogens with one attached hydrogen (secondary N) is 1. The van der Waals surface area contributed by atoms with Gasteiger partial charge >= 0.3 is 0 Å². The first-order valence-corrected chi connectivity index (χ1v) is 7.73. The molecule has 0 heterocycles. The predicted octanol–water partition coefficient (Wildman–Crippen LogP) is 5.33. The minimum absolute atomic E-state index is 0.193. The van der Waals surface area contributed by atoms with Gasteiger partial charge in [0.1, 0.15) is 5.82 Å². The number of benzene rings is 2. The second kappa shape index (κ2) is 7.21. The van der Waals surface area contributed by atoms with Gasteiger partial charge in [0.2, 0.25) is 0 Å². The minimum atomic E-state index is -0.208. The van der Waals surface area contributed by atoms with Crippen LogP contribution in [0.2, 0.25) is 5.02 Å². The fraction of sp³-hybridized carbons (Fsp3) is 0.250. The summed E-state index contributed by atoms with van der Waals surface area (Å²) in [5.41, 5.74) is 1.59. The summed E-state index contributed by atoms with van der Waals surface area (Å²) in [6, 6.07) is 12.3. The van der Waals surface area contributed by atoms with Crippen LogP contribution in [0.4, 0.5) is 4.39 Å². The van der Waals surface area contributed by atoms with Crippen molar-refractivity contribution in [1.82, 2.24) is 5.32 Å². The first-order valence-electron chi connectivity index (χ1n) is 6.56. The van der Waals surface area contributed by atoms with Gasteiger partial charge in [-0.25, -0.2) is 4.39 Å². The van der Waals surface area contributed by atoms with Gasteiger partial charge in [0.25, 0.3) is 0 Å². The summed E-state index contributed by atoms with van der Waals surface area (Å²) in [6.45, 7) is 2.90. The van der Waals surface area contributed by atoms with Crippen LogP contribution >= 0.6 is 27.5 Å². The number of hydrogen-bond donors (Lipinski definition) is 1. The van der Waals surface area contributed by atoms with Crippen LogP contribution in [0.15, 0.2) is 46.9 Å². The molecule has 20 heavy (non-hydrogen) atoms. The quantitative estimate of drug-likeness (QED) is 0.763. The van der Waals surface area contributed by atoms with Crippen LogP contribution in [-0.2, 0) is 0 Å². The Hall–Kier alpha value is -0.900. The molecule has 0 aliphatic heterocycles. The van der Waals surface area contributed by atoms with E-state index in [9.17, 15) is 4.39 Å². The number of rotatable bonds is 5. The maximum Gasteiger partial charge on any atom is 0.128 e. The van der Waals surface area contributed by atoms with E-state index in [1.54, 1.807) is 12.1 Å². The molecule has 0 saturated carbocycles. The summed E-state index contributed by atoms with van der Waals surface area (Å²) in [7, 11) is 0. The van der Waals surface area contributed by atoms with Crippen LogP contribution in [-0.4, -0.2) is 6.54 Å². The van der Waals surface area contributed by atoms with E-state index in [4.69, 9.17) is 11.6 Å². The molecule has 0 aliphatic carbocycles. The lowest BCUT2D eigenvalue weighted by Crippen LogP contribution is -2.24. The Labute approximate surface area is 132 Å². The summed E-state index contributed by atoms with van der Waals surface area (Å²) in [6.07, 6.45) is 0.981. The topological polar surface area (TPSA) is 12.0 Å². The van der Waals surface area contributed by atoms with Crippen LogP contribution < -0.4 is 5.32 Å². The first-order chi connectivity index (χ1) is 9.63. The molecule has 106 valence electrons. The zero-order chi connectivity index (χ0) is 14.5. The van der Waals surface area contributed by atoms with Crippen LogP contribution in [0.25, 0.3) is 0 Å². The van der Waals surface area contributed by atoms with Gasteiger partial charge < -0.3 is 5.32 Å². The molecular formula is C16H16BrClFN. The highest BCUT2D eigenvalue weighted by Crippen LogP contribution is 2.30. The molecule has 0 amide bonds. The highest BCUT2D eigenvalue weighted by molar-refractivity contribution is 9.10. The van der Waals surface area contributed by atoms with Crippen molar-refractivity contribution in [3.8, 4) is 0 Å². The van der Waals surface area contributed by atoms with Crippen molar-refractivity contribution < 1.29 is 4.39 Å². The third-order valence-corrected chi connectivity index (χ3v) is 4.32. The van der Waals surface area contributed by atoms with Crippen molar-refractivity contribution >= 4 is 27.5 Å². The molecule has 0 fully saturated rings. The molecule has 0 aromatic heterocycles. The van der Waals surface area contributed by atoms with Gasteiger partial charge in [-0.1, -0.05) is 42.8 Å². The Morgan fingerprint density at radius 2 is 2.00 bits per heavy atom. The average molecular weight is 357 g/mol. The van der Waals surface area contributed by atoms with Gasteiger partial charge in [-0.05, 0) is 52.7 Å². The second-order valence-electron chi connectivity index (χ2n) is 4.58. The maximum atomic E-state index is 14.1. The molecule has 4 heteroatoms. The summed E-state index contributed by atoms with van der Waals surface area (Å²) in [5.74, 6) is -0.208. The highest BCUT2D eigenvalue weighted by atomic mass is 79.9. The van der Waals surface area contributed by atoms with Crippen LogP contribution in [0.5, 0.6) is 0 Å². The Morgan fingerprint density at radius 3 is 2.65 bits per heavy atom. The molecule has 0 radical (unpaired) electrons. The second-order valence-corrected chi connectivity index (χ2v) is 5.84. The summed E-state index contributed by atoms with van der Waals surface area (Å²) in [4.78, 5) is 0. The third-order valence-electron chi connectivity index (χ3n) is 3.09. The molecule has 0 bridgehead atoms. The fourth-order valence-electron chi connectivity index (χ4n) is 2.10. The van der Waals surface area contributed by atoms with E-state index in [2.05, 4.69) is 28.2 Å². The summed E-state index contributed by atoms with van der Waals surface area (Å²) in [5, 5.41) is 4.00. The summed E-state index contributed by atoms with van der Waals surface area (Å²) >= 11 is 9.53. The van der Waals surface area contributed by atoms with Crippen molar-refractivity contribution in [1.29, 1.82) is 0 Å². The lowest BCUT2D eigenvalue weighted by Gasteiger charge is -2.20. The van der Waals surface area contributed by atoms with Crippen molar-refractivity contribution in [3.63, 3.8) is 0 Å². The number of halogens is 3. The summed E-state index contributed by atoms with van der Waals surface area (Å²) < 4.78 is 14.9. The van der Waals surface area contributed by atoms with E-state index >= 15 is 0 Å². The molecule has 0 aliphatic rings. The molecule has 2 rings (SSSR count). The SMILES string of the molecule is CCCNC(c1ccc(Br)c(Cl)c1)c1ccccc1F. The van der Waals surface area contributed by atoms with E-state index in [-0.39, 0.29) is 11.9 Å². The van der Waals surface area contributed by atoms with Crippen LogP contribution in [0.1, 0.15) is 30.5 Å². The lowest BCUT2D eigenvalue weighted by atomic mass is 9.98. The van der Waals surface area contributed by atoms with E-state index < -0.39 is 0 Å². The Balaban J connectivity index is 2.41. The van der Waals surface area contributed by atoms with Crippen molar-refractivity contribution in [2.75, 3.05) is 6.54 Å². The Kier molecular flexibility index (Phi) is 5.58. The lowest BCUT2D eigenvalue weighted by molar-refractivity contribution is 0.547. The van der Waals surface area contributed by atoms with Crippen molar-refractivity contribution in [3.05, 3.63) is 68.9 Å². The van der Waals surface area contributed by atoms with Gasteiger partial charge in [-0.15, -0.1) is 0 Å². The average Bonchev–Trinajstić information content (AvgIpc) is 2.44. The van der Waals surface area contributed by atoms with Crippen LogP contribution in [0.3, 0.4) is 0 Å². The molecule has 1 atom stereocenters. The zero-order valence-electron chi connectivity index (χ0n) is 11.2. The maximum absolute atomic E-state index is 14.1. The van der Waals surface area contributed by atoms with Gasteiger partial charge in [0.05, 0.1) is 11.1 Å². The van der Waals surface area contributed by atoms with Crippen molar-refractivity contribution in [2.24, 2.45) is 0 Å². The molecule has 0 saturated heterocycles. The molecule has 2 aromatic carbocycles. The van der Waals surface area contributed by atoms with Crippen LogP contribution in [0, 0.1) is 5.82 Å². The van der Waals surface area contributed by atoms with Gasteiger partial charge in [0.15, 0.2) is 0 Å². The molecule has 0 spiro atoms. The molecular weight excluding hydrogens is 341 g/mol. The zero-order valence-corrected chi connectivity index (χ0v) is 13.5. The number of hydrogen-bond acceptors (Lipinski definition) is 1. The normalized spacial score (nSPS) is 12.4. The minimum Gasteiger partial charge on any atom is -0.306 e. The van der Waals surface area contributed by atoms with Gasteiger partial charge in [0, 0.05) is 10.0 Å². The molecule has 1 N–H and O–H groups in total. The highest BCUT2D eigenvalue weighted by Gasteiger charge is 2.17. The van der Waals surface area contributed by atoms with E-state index in [0.29, 0.717) is 10.6 Å². The Morgan fingerprint density at radius 1 is 1.25 bits per heavy atom. The molecule has 1 nitrogen and oxygen atoms in total. The third kappa shape index (κ3) is 3.60. The van der Waals surface area contributed by atoms with E-state index in [1.807, 2.05) is 24.3 Å². The monoisotopic (exact) mass is 355 g/mol. The largest absolute Gasteiger partial charge is 0.306 e. The first kappa shape index (κ1) is 15.5. The van der Waals surface area contributed by atoms with E-state index in [0.717, 1.165) is 23.0 Å². The molecule has 1 unspecified atom stereocenters. The molecule has 2 aromatic rings. The van der Waals surface area contributed by atoms with Gasteiger partial charge in [-0.2, -0.15) is 0 Å².